The number of methoxy groups -OCH3 is 1. The quantitative estimate of drug-likeness (QED) is 0.771. The molecule has 0 aliphatic heterocycles. The maximum atomic E-state index is 6.21. The Morgan fingerprint density at radius 3 is 2.64 bits per heavy atom. The summed E-state index contributed by atoms with van der Waals surface area (Å²) in [4.78, 5) is 4.10. The molecule has 0 aromatic carbocycles. The summed E-state index contributed by atoms with van der Waals surface area (Å²) < 4.78 is 9.70. The SMILES string of the molecule is COc1nc(C2(N)CCCCC2)no1. The molecule has 0 unspecified atom stereocenters. The molecule has 2 rings (SSSR count). The molecule has 0 spiro atoms. The van der Waals surface area contributed by atoms with Crippen LogP contribution in [0.2, 0.25) is 0 Å². The molecule has 78 valence electrons. The van der Waals surface area contributed by atoms with Crippen LogP contribution in [0.25, 0.3) is 0 Å². The summed E-state index contributed by atoms with van der Waals surface area (Å²) in [6.45, 7) is 0. The van der Waals surface area contributed by atoms with Gasteiger partial charge in [0.15, 0.2) is 5.82 Å². The standard InChI is InChI=1S/C9H15N3O2/c1-13-8-11-7(12-14-8)9(10)5-3-2-4-6-9/h2-6,10H2,1H3. The molecule has 0 atom stereocenters. The van der Waals surface area contributed by atoms with Crippen molar-refractivity contribution in [2.75, 3.05) is 7.11 Å². The van der Waals surface area contributed by atoms with E-state index in [-0.39, 0.29) is 6.08 Å². The van der Waals surface area contributed by atoms with E-state index in [1.807, 2.05) is 0 Å². The minimum atomic E-state index is -0.404. The number of nitrogens with two attached hydrogens (primary N) is 1. The lowest BCUT2D eigenvalue weighted by Gasteiger charge is -2.29. The summed E-state index contributed by atoms with van der Waals surface area (Å²) in [5.74, 6) is 0.578. The van der Waals surface area contributed by atoms with Crippen molar-refractivity contribution < 1.29 is 9.26 Å². The van der Waals surface area contributed by atoms with Gasteiger partial charge in [-0.1, -0.05) is 24.4 Å². The van der Waals surface area contributed by atoms with Crippen LogP contribution in [-0.2, 0) is 5.54 Å². The summed E-state index contributed by atoms with van der Waals surface area (Å²) >= 11 is 0. The maximum absolute atomic E-state index is 6.21. The molecule has 1 saturated carbocycles. The molecule has 14 heavy (non-hydrogen) atoms. The Morgan fingerprint density at radius 1 is 1.36 bits per heavy atom. The Kier molecular flexibility index (Phi) is 2.41. The third kappa shape index (κ3) is 1.59. The molecule has 2 N–H and O–H groups in total. The fraction of sp³-hybridized carbons (Fsp3) is 0.778. The van der Waals surface area contributed by atoms with Gasteiger partial charge in [0.2, 0.25) is 0 Å². The zero-order valence-electron chi connectivity index (χ0n) is 8.32. The zero-order valence-corrected chi connectivity index (χ0v) is 8.32. The number of nitrogens with zero attached hydrogens (tertiary/aromatic N) is 2. The minimum Gasteiger partial charge on any atom is -0.452 e. The highest BCUT2D eigenvalue weighted by atomic mass is 16.6. The van der Waals surface area contributed by atoms with E-state index in [1.54, 1.807) is 0 Å². The second-order valence-corrected chi connectivity index (χ2v) is 3.80. The van der Waals surface area contributed by atoms with Gasteiger partial charge in [-0.2, -0.15) is 4.98 Å². The summed E-state index contributed by atoms with van der Waals surface area (Å²) in [7, 11) is 1.50. The van der Waals surface area contributed by atoms with Crippen molar-refractivity contribution in [1.29, 1.82) is 0 Å². The second-order valence-electron chi connectivity index (χ2n) is 3.80. The lowest BCUT2D eigenvalue weighted by atomic mass is 9.82. The van der Waals surface area contributed by atoms with Gasteiger partial charge >= 0.3 is 6.08 Å². The lowest BCUT2D eigenvalue weighted by Crippen LogP contribution is -2.39. The first kappa shape index (κ1) is 9.45. The number of hydrogen-bond donors (Lipinski definition) is 1. The van der Waals surface area contributed by atoms with E-state index in [2.05, 4.69) is 10.1 Å². The summed E-state index contributed by atoms with van der Waals surface area (Å²) in [6.07, 6.45) is 5.55. The largest absolute Gasteiger partial charge is 0.452 e. The zero-order chi connectivity index (χ0) is 10.0. The third-order valence-corrected chi connectivity index (χ3v) is 2.77. The Morgan fingerprint density at radius 2 is 2.07 bits per heavy atom. The Labute approximate surface area is 82.6 Å². The first-order chi connectivity index (χ1) is 6.74. The molecule has 5 nitrogen and oxygen atoms in total. The second kappa shape index (κ2) is 3.57. The number of hydrogen-bond acceptors (Lipinski definition) is 5. The molecule has 5 heteroatoms. The van der Waals surface area contributed by atoms with Crippen molar-refractivity contribution in [3.8, 4) is 6.08 Å². The van der Waals surface area contributed by atoms with E-state index in [0.717, 1.165) is 25.7 Å². The normalized spacial score (nSPS) is 20.7. The third-order valence-electron chi connectivity index (χ3n) is 2.77. The van der Waals surface area contributed by atoms with Crippen molar-refractivity contribution in [1.82, 2.24) is 10.1 Å². The highest BCUT2D eigenvalue weighted by Gasteiger charge is 2.34. The van der Waals surface area contributed by atoms with Crippen LogP contribution in [-0.4, -0.2) is 17.3 Å². The van der Waals surface area contributed by atoms with Crippen LogP contribution in [0.3, 0.4) is 0 Å². The fourth-order valence-electron chi connectivity index (χ4n) is 1.90. The van der Waals surface area contributed by atoms with Crippen LogP contribution in [0.15, 0.2) is 4.52 Å². The van der Waals surface area contributed by atoms with E-state index < -0.39 is 5.54 Å². The first-order valence-corrected chi connectivity index (χ1v) is 4.92. The topological polar surface area (TPSA) is 74.2 Å². The number of aromatic nitrogens is 2. The summed E-state index contributed by atoms with van der Waals surface area (Å²) in [5, 5.41) is 3.85. The molecular weight excluding hydrogens is 182 g/mol. The smallest absolute Gasteiger partial charge is 0.417 e. The molecule has 0 bridgehead atoms. The molecule has 1 aliphatic carbocycles. The average molecular weight is 197 g/mol. The average Bonchev–Trinajstić information content (AvgIpc) is 2.67. The van der Waals surface area contributed by atoms with Gasteiger partial charge in [-0.05, 0) is 12.8 Å². The minimum absolute atomic E-state index is 0.190. The van der Waals surface area contributed by atoms with Gasteiger partial charge in [0.25, 0.3) is 0 Å². The highest BCUT2D eigenvalue weighted by Crippen LogP contribution is 2.33. The van der Waals surface area contributed by atoms with E-state index in [9.17, 15) is 0 Å². The predicted octanol–water partition coefficient (Wildman–Crippen LogP) is 1.20. The van der Waals surface area contributed by atoms with Gasteiger partial charge in [-0.15, -0.1) is 0 Å². The van der Waals surface area contributed by atoms with E-state index in [1.165, 1.54) is 13.5 Å². The van der Waals surface area contributed by atoms with E-state index in [0.29, 0.717) is 5.82 Å². The van der Waals surface area contributed by atoms with Crippen LogP contribution in [0.1, 0.15) is 37.9 Å². The maximum Gasteiger partial charge on any atom is 0.417 e. The van der Waals surface area contributed by atoms with Crippen LogP contribution in [0.4, 0.5) is 0 Å². The van der Waals surface area contributed by atoms with Gasteiger partial charge in [0.05, 0.1) is 12.6 Å². The predicted molar refractivity (Wildman–Crippen MR) is 49.8 cm³/mol. The van der Waals surface area contributed by atoms with Crippen LogP contribution in [0, 0.1) is 0 Å². The summed E-state index contributed by atoms with van der Waals surface area (Å²) in [5.41, 5.74) is 5.80. The molecule has 1 heterocycles. The highest BCUT2D eigenvalue weighted by molar-refractivity contribution is 5.06. The molecule has 1 aliphatic rings. The first-order valence-electron chi connectivity index (χ1n) is 4.92. The molecule has 1 fully saturated rings. The van der Waals surface area contributed by atoms with Gasteiger partial charge in [-0.3, -0.25) is 4.52 Å². The van der Waals surface area contributed by atoms with Gasteiger partial charge in [0, 0.05) is 0 Å². The number of rotatable bonds is 2. The molecule has 0 saturated heterocycles. The van der Waals surface area contributed by atoms with Gasteiger partial charge < -0.3 is 10.5 Å². The van der Waals surface area contributed by atoms with Gasteiger partial charge in [0.1, 0.15) is 0 Å². The molecule has 1 aromatic heterocycles. The summed E-state index contributed by atoms with van der Waals surface area (Å²) in [6, 6.07) is 0. The van der Waals surface area contributed by atoms with E-state index >= 15 is 0 Å². The van der Waals surface area contributed by atoms with E-state index in [4.69, 9.17) is 15.0 Å². The van der Waals surface area contributed by atoms with Crippen LogP contribution < -0.4 is 10.5 Å². The monoisotopic (exact) mass is 197 g/mol. The van der Waals surface area contributed by atoms with Crippen LogP contribution in [0.5, 0.6) is 6.08 Å². The lowest BCUT2D eigenvalue weighted by molar-refractivity contribution is 0.242. The Hall–Kier alpha value is -1.10. The fourth-order valence-corrected chi connectivity index (χ4v) is 1.90. The van der Waals surface area contributed by atoms with Crippen molar-refractivity contribution in [2.24, 2.45) is 5.73 Å². The molecular formula is C9H15N3O2. The molecule has 0 radical (unpaired) electrons. The Balaban J connectivity index is 2.19. The van der Waals surface area contributed by atoms with Crippen molar-refractivity contribution in [3.63, 3.8) is 0 Å². The molecule has 0 amide bonds. The van der Waals surface area contributed by atoms with Crippen molar-refractivity contribution in [3.05, 3.63) is 5.82 Å². The number of ether oxygens (including phenoxy) is 1. The Bertz CT molecular complexity index is 305. The molecule has 1 aromatic rings. The van der Waals surface area contributed by atoms with Crippen LogP contribution >= 0.6 is 0 Å². The van der Waals surface area contributed by atoms with Crippen molar-refractivity contribution >= 4 is 0 Å². The van der Waals surface area contributed by atoms with Gasteiger partial charge in [-0.25, -0.2) is 0 Å². The van der Waals surface area contributed by atoms with Crippen molar-refractivity contribution in [2.45, 2.75) is 37.6 Å².